The van der Waals surface area contributed by atoms with Crippen molar-refractivity contribution >= 4 is 17.2 Å². The van der Waals surface area contributed by atoms with Crippen molar-refractivity contribution in [1.82, 2.24) is 10.6 Å². The lowest BCUT2D eigenvalue weighted by molar-refractivity contribution is -0.124. The molecule has 114 valence electrons. The number of hydrogen-bond donors (Lipinski definition) is 2. The van der Waals surface area contributed by atoms with Gasteiger partial charge in [0.2, 0.25) is 5.91 Å². The molecule has 0 saturated carbocycles. The minimum Gasteiger partial charge on any atom is -0.350 e. The van der Waals surface area contributed by atoms with Gasteiger partial charge in [-0.1, -0.05) is 26.8 Å². The van der Waals surface area contributed by atoms with Crippen LogP contribution in [0, 0.1) is 5.92 Å². The molecule has 2 N–H and O–H groups in total. The highest BCUT2D eigenvalue weighted by Gasteiger charge is 2.25. The Morgan fingerprint density at radius 1 is 1.35 bits per heavy atom. The van der Waals surface area contributed by atoms with Gasteiger partial charge in [-0.25, -0.2) is 0 Å². The summed E-state index contributed by atoms with van der Waals surface area (Å²) in [5.74, 6) is 0.516. The van der Waals surface area contributed by atoms with Crippen molar-refractivity contribution in [3.8, 4) is 0 Å². The first-order valence-electron chi connectivity index (χ1n) is 7.38. The van der Waals surface area contributed by atoms with Gasteiger partial charge in [0.15, 0.2) is 0 Å². The summed E-state index contributed by atoms with van der Waals surface area (Å²) in [6.45, 7) is 12.5. The highest BCUT2D eigenvalue weighted by atomic mass is 32.1. The van der Waals surface area contributed by atoms with Crippen molar-refractivity contribution in [1.29, 1.82) is 0 Å². The molecule has 20 heavy (non-hydrogen) atoms. The molecule has 0 radical (unpaired) electrons. The number of hydrogen-bond acceptors (Lipinski definition) is 3. The fourth-order valence-electron chi connectivity index (χ4n) is 1.95. The van der Waals surface area contributed by atoms with Gasteiger partial charge in [0.1, 0.15) is 0 Å². The number of carbonyl (C=O) groups excluding carboxylic acids is 1. The molecule has 0 spiro atoms. The van der Waals surface area contributed by atoms with Gasteiger partial charge in [-0.3, -0.25) is 10.1 Å². The predicted molar refractivity (Wildman–Crippen MR) is 87.0 cm³/mol. The van der Waals surface area contributed by atoms with Crippen molar-refractivity contribution in [3.05, 3.63) is 22.4 Å². The number of thiophene rings is 1. The summed E-state index contributed by atoms with van der Waals surface area (Å²) in [6, 6.07) is 4.21. The predicted octanol–water partition coefficient (Wildman–Crippen LogP) is 3.73. The second-order valence-corrected chi connectivity index (χ2v) is 7.33. The van der Waals surface area contributed by atoms with Gasteiger partial charge in [-0.15, -0.1) is 11.3 Å². The van der Waals surface area contributed by atoms with Crippen molar-refractivity contribution in [2.75, 3.05) is 0 Å². The van der Waals surface area contributed by atoms with E-state index in [9.17, 15) is 4.79 Å². The molecular weight excluding hydrogens is 268 g/mol. The third-order valence-corrected chi connectivity index (χ3v) is 4.64. The van der Waals surface area contributed by atoms with Crippen LogP contribution in [-0.2, 0) is 4.79 Å². The van der Waals surface area contributed by atoms with E-state index < -0.39 is 0 Å². The molecule has 0 saturated heterocycles. The Morgan fingerprint density at radius 2 is 2.00 bits per heavy atom. The van der Waals surface area contributed by atoms with Gasteiger partial charge in [0, 0.05) is 16.5 Å². The van der Waals surface area contributed by atoms with E-state index in [1.165, 1.54) is 4.88 Å². The van der Waals surface area contributed by atoms with Crippen LogP contribution in [0.4, 0.5) is 0 Å². The lowest BCUT2D eigenvalue weighted by atomic mass is 10.00. The van der Waals surface area contributed by atoms with Gasteiger partial charge < -0.3 is 5.32 Å². The maximum Gasteiger partial charge on any atom is 0.237 e. The summed E-state index contributed by atoms with van der Waals surface area (Å²) in [7, 11) is 0. The molecule has 1 heterocycles. The fraction of sp³-hybridized carbons (Fsp3) is 0.688. The molecule has 0 aromatic carbocycles. The van der Waals surface area contributed by atoms with E-state index in [1.54, 1.807) is 11.3 Å². The molecule has 1 aromatic heterocycles. The van der Waals surface area contributed by atoms with Crippen LogP contribution >= 0.6 is 11.3 Å². The summed E-state index contributed by atoms with van der Waals surface area (Å²) in [6.07, 6.45) is 0.921. The minimum atomic E-state index is -0.199. The molecule has 4 heteroatoms. The van der Waals surface area contributed by atoms with E-state index in [1.807, 2.05) is 6.92 Å². The van der Waals surface area contributed by atoms with Crippen LogP contribution in [0.15, 0.2) is 17.5 Å². The molecule has 0 aliphatic rings. The smallest absolute Gasteiger partial charge is 0.237 e. The van der Waals surface area contributed by atoms with Gasteiger partial charge in [-0.2, -0.15) is 0 Å². The van der Waals surface area contributed by atoms with Crippen LogP contribution < -0.4 is 10.6 Å². The Kier molecular flexibility index (Phi) is 6.21. The maximum atomic E-state index is 12.3. The lowest BCUT2D eigenvalue weighted by Gasteiger charge is -2.29. The molecule has 2 unspecified atom stereocenters. The Morgan fingerprint density at radius 3 is 2.45 bits per heavy atom. The molecule has 1 aromatic rings. The normalized spacial score (nSPS) is 15.2. The zero-order valence-corrected chi connectivity index (χ0v) is 14.3. The topological polar surface area (TPSA) is 41.1 Å². The standard InChI is InChI=1S/C16H28N2OS/c1-7-16(5,6)18-15(19)12(4)17-14(11(2)3)13-9-8-10-20-13/h8-12,14,17H,7H2,1-6H3,(H,18,19). The molecule has 1 rings (SSSR count). The molecule has 1 amide bonds. The van der Waals surface area contributed by atoms with Gasteiger partial charge >= 0.3 is 0 Å². The molecular formula is C16H28N2OS. The number of nitrogens with one attached hydrogen (secondary N) is 2. The first-order valence-corrected chi connectivity index (χ1v) is 8.26. The summed E-state index contributed by atoms with van der Waals surface area (Å²) in [5, 5.41) is 8.64. The largest absolute Gasteiger partial charge is 0.350 e. The zero-order chi connectivity index (χ0) is 15.3. The Hall–Kier alpha value is -0.870. The highest BCUT2D eigenvalue weighted by molar-refractivity contribution is 7.10. The summed E-state index contributed by atoms with van der Waals surface area (Å²) >= 11 is 1.74. The van der Waals surface area contributed by atoms with Crippen LogP contribution in [0.3, 0.4) is 0 Å². The maximum absolute atomic E-state index is 12.3. The number of carbonyl (C=O) groups is 1. The molecule has 3 nitrogen and oxygen atoms in total. The monoisotopic (exact) mass is 296 g/mol. The Balaban J connectivity index is 2.67. The van der Waals surface area contributed by atoms with E-state index in [4.69, 9.17) is 0 Å². The molecule has 2 atom stereocenters. The lowest BCUT2D eigenvalue weighted by Crippen LogP contribution is -2.51. The molecule has 0 fully saturated rings. The number of rotatable bonds is 7. The quantitative estimate of drug-likeness (QED) is 0.805. The molecule has 0 aliphatic carbocycles. The summed E-state index contributed by atoms with van der Waals surface area (Å²) in [5.41, 5.74) is -0.150. The van der Waals surface area contributed by atoms with Crippen LogP contribution in [-0.4, -0.2) is 17.5 Å². The third kappa shape index (κ3) is 4.91. The SMILES string of the molecule is CCC(C)(C)NC(=O)C(C)NC(c1cccs1)C(C)C. The second kappa shape index (κ2) is 7.23. The Bertz CT molecular complexity index is 412. The van der Waals surface area contributed by atoms with Gasteiger partial charge in [0.25, 0.3) is 0 Å². The fourth-order valence-corrected chi connectivity index (χ4v) is 2.90. The van der Waals surface area contributed by atoms with Crippen LogP contribution in [0.25, 0.3) is 0 Å². The zero-order valence-electron chi connectivity index (χ0n) is 13.5. The van der Waals surface area contributed by atoms with Crippen LogP contribution in [0.2, 0.25) is 0 Å². The third-order valence-electron chi connectivity index (χ3n) is 3.68. The van der Waals surface area contributed by atoms with Crippen molar-refractivity contribution < 1.29 is 4.79 Å². The minimum absolute atomic E-state index is 0.0686. The average molecular weight is 296 g/mol. The first kappa shape index (κ1) is 17.2. The van der Waals surface area contributed by atoms with E-state index in [0.29, 0.717) is 5.92 Å². The Labute approximate surface area is 127 Å². The van der Waals surface area contributed by atoms with Crippen LogP contribution in [0.5, 0.6) is 0 Å². The van der Waals surface area contributed by atoms with Gasteiger partial charge in [0.05, 0.1) is 6.04 Å². The van der Waals surface area contributed by atoms with Crippen molar-refractivity contribution in [3.63, 3.8) is 0 Å². The summed E-state index contributed by atoms with van der Waals surface area (Å²) in [4.78, 5) is 13.6. The van der Waals surface area contributed by atoms with E-state index >= 15 is 0 Å². The average Bonchev–Trinajstić information content (AvgIpc) is 2.88. The van der Waals surface area contributed by atoms with Crippen molar-refractivity contribution in [2.45, 2.75) is 65.6 Å². The van der Waals surface area contributed by atoms with E-state index in [2.05, 4.69) is 62.8 Å². The highest BCUT2D eigenvalue weighted by Crippen LogP contribution is 2.26. The molecule has 0 bridgehead atoms. The first-order chi connectivity index (χ1) is 9.26. The van der Waals surface area contributed by atoms with E-state index in [0.717, 1.165) is 6.42 Å². The summed E-state index contributed by atoms with van der Waals surface area (Å²) < 4.78 is 0. The van der Waals surface area contributed by atoms with Crippen LogP contribution in [0.1, 0.15) is 58.9 Å². The number of amides is 1. The molecule has 0 aliphatic heterocycles. The van der Waals surface area contributed by atoms with E-state index in [-0.39, 0.29) is 23.5 Å². The van der Waals surface area contributed by atoms with Crippen molar-refractivity contribution in [2.24, 2.45) is 5.92 Å². The van der Waals surface area contributed by atoms with Gasteiger partial charge in [-0.05, 0) is 44.6 Å². The second-order valence-electron chi connectivity index (χ2n) is 6.35.